The van der Waals surface area contributed by atoms with Gasteiger partial charge in [0.25, 0.3) is 10.0 Å². The molecule has 0 aromatic heterocycles. The van der Waals surface area contributed by atoms with Crippen molar-refractivity contribution in [2.45, 2.75) is 31.7 Å². The smallest absolute Gasteiger partial charge is 0.222 e. The van der Waals surface area contributed by atoms with Gasteiger partial charge in [0.05, 0.1) is 10.9 Å². The molecular weight excluding hydrogens is 224 g/mol. The van der Waals surface area contributed by atoms with Crippen molar-refractivity contribution in [2.75, 3.05) is 0 Å². The Morgan fingerprint density at radius 2 is 1.75 bits per heavy atom. The summed E-state index contributed by atoms with van der Waals surface area (Å²) in [6, 6.07) is 8.67. The summed E-state index contributed by atoms with van der Waals surface area (Å²) in [5.74, 6) is 0. The normalized spacial score (nSPS) is 11.0. The summed E-state index contributed by atoms with van der Waals surface area (Å²) in [7, 11) is -3.65. The Balaban J connectivity index is 3.04. The SMILES string of the molecule is Cc1ccc(S(=O)(=O)N=C=NC(C)C)cc1. The van der Waals surface area contributed by atoms with Crippen molar-refractivity contribution in [2.24, 2.45) is 9.39 Å². The minimum atomic E-state index is -3.65. The number of rotatable bonds is 3. The molecule has 0 unspecified atom stereocenters. The molecule has 1 aromatic rings. The van der Waals surface area contributed by atoms with E-state index < -0.39 is 10.0 Å². The largest absolute Gasteiger partial charge is 0.291 e. The molecule has 1 rings (SSSR count). The molecule has 5 heteroatoms. The van der Waals surface area contributed by atoms with Crippen molar-refractivity contribution in [3.63, 3.8) is 0 Å². The van der Waals surface area contributed by atoms with Gasteiger partial charge in [-0.1, -0.05) is 22.1 Å². The van der Waals surface area contributed by atoms with Crippen molar-refractivity contribution in [3.05, 3.63) is 29.8 Å². The molecule has 0 saturated carbocycles. The summed E-state index contributed by atoms with van der Waals surface area (Å²) in [5, 5.41) is 0. The van der Waals surface area contributed by atoms with Crippen LogP contribution in [0.5, 0.6) is 0 Å². The van der Waals surface area contributed by atoms with E-state index in [0.29, 0.717) is 0 Å². The van der Waals surface area contributed by atoms with Crippen LogP contribution >= 0.6 is 0 Å². The lowest BCUT2D eigenvalue weighted by Crippen LogP contribution is -1.96. The lowest BCUT2D eigenvalue weighted by Gasteiger charge is -1.97. The van der Waals surface area contributed by atoms with Crippen LogP contribution in [0, 0.1) is 6.92 Å². The van der Waals surface area contributed by atoms with E-state index in [1.807, 2.05) is 20.8 Å². The molecule has 0 aliphatic rings. The fraction of sp³-hybridized carbons (Fsp3) is 0.364. The van der Waals surface area contributed by atoms with Crippen LogP contribution in [0.1, 0.15) is 19.4 Å². The highest BCUT2D eigenvalue weighted by atomic mass is 32.2. The number of aryl methyl sites for hydroxylation is 1. The number of sulfonamides is 1. The molecule has 0 aliphatic carbocycles. The van der Waals surface area contributed by atoms with Crippen LogP contribution in [0.3, 0.4) is 0 Å². The van der Waals surface area contributed by atoms with Crippen molar-refractivity contribution >= 4 is 16.0 Å². The van der Waals surface area contributed by atoms with E-state index in [1.165, 1.54) is 12.1 Å². The fourth-order valence-electron chi connectivity index (χ4n) is 0.956. The maximum Gasteiger partial charge on any atom is 0.291 e. The number of hydrogen-bond acceptors (Lipinski definition) is 3. The second kappa shape index (κ2) is 5.05. The van der Waals surface area contributed by atoms with Gasteiger partial charge in [0.1, 0.15) is 6.01 Å². The topological polar surface area (TPSA) is 58.9 Å². The zero-order valence-electron chi connectivity index (χ0n) is 9.51. The lowest BCUT2D eigenvalue weighted by atomic mass is 10.2. The third kappa shape index (κ3) is 3.61. The Kier molecular flexibility index (Phi) is 3.99. The maximum atomic E-state index is 11.6. The maximum absolute atomic E-state index is 11.6. The number of benzene rings is 1. The van der Waals surface area contributed by atoms with Crippen LogP contribution in [0.15, 0.2) is 38.6 Å². The van der Waals surface area contributed by atoms with E-state index in [2.05, 4.69) is 15.4 Å². The molecule has 0 fully saturated rings. The summed E-state index contributed by atoms with van der Waals surface area (Å²) < 4.78 is 26.6. The second-order valence-electron chi connectivity index (χ2n) is 3.70. The predicted molar refractivity (Wildman–Crippen MR) is 63.4 cm³/mol. The van der Waals surface area contributed by atoms with Crippen molar-refractivity contribution in [3.8, 4) is 0 Å². The first-order chi connectivity index (χ1) is 7.42. The van der Waals surface area contributed by atoms with Crippen LogP contribution in [-0.2, 0) is 10.0 Å². The zero-order chi connectivity index (χ0) is 12.2. The van der Waals surface area contributed by atoms with Crippen LogP contribution in [0.2, 0.25) is 0 Å². The highest BCUT2D eigenvalue weighted by molar-refractivity contribution is 7.90. The molecule has 0 spiro atoms. The van der Waals surface area contributed by atoms with Gasteiger partial charge in [-0.2, -0.15) is 8.42 Å². The third-order valence-corrected chi connectivity index (χ3v) is 2.99. The van der Waals surface area contributed by atoms with Gasteiger partial charge in [-0.05, 0) is 32.9 Å². The number of hydrogen-bond donors (Lipinski definition) is 0. The van der Waals surface area contributed by atoms with Gasteiger partial charge in [-0.25, -0.2) is 4.99 Å². The molecule has 0 saturated heterocycles. The van der Waals surface area contributed by atoms with Crippen molar-refractivity contribution in [1.29, 1.82) is 0 Å². The minimum Gasteiger partial charge on any atom is -0.222 e. The third-order valence-electron chi connectivity index (χ3n) is 1.80. The van der Waals surface area contributed by atoms with Gasteiger partial charge >= 0.3 is 0 Å². The van der Waals surface area contributed by atoms with E-state index in [0.717, 1.165) is 5.56 Å². The predicted octanol–water partition coefficient (Wildman–Crippen LogP) is 2.27. The first-order valence-electron chi connectivity index (χ1n) is 4.90. The molecule has 0 radical (unpaired) electrons. The molecule has 0 amide bonds. The summed E-state index contributed by atoms with van der Waals surface area (Å²) >= 11 is 0. The Bertz CT molecular complexity index is 509. The lowest BCUT2D eigenvalue weighted by molar-refractivity contribution is 0.598. The quantitative estimate of drug-likeness (QED) is 0.758. The van der Waals surface area contributed by atoms with E-state index >= 15 is 0 Å². The zero-order valence-corrected chi connectivity index (χ0v) is 10.3. The summed E-state index contributed by atoms with van der Waals surface area (Å²) in [5.41, 5.74) is 0.999. The summed E-state index contributed by atoms with van der Waals surface area (Å²) in [6.45, 7) is 5.53. The van der Waals surface area contributed by atoms with E-state index in [4.69, 9.17) is 0 Å². The summed E-state index contributed by atoms with van der Waals surface area (Å²) in [6.07, 6.45) is 0. The van der Waals surface area contributed by atoms with Gasteiger partial charge in [0, 0.05) is 0 Å². The van der Waals surface area contributed by atoms with Gasteiger partial charge in [-0.15, -0.1) is 0 Å². The fourth-order valence-corrected chi connectivity index (χ4v) is 1.70. The van der Waals surface area contributed by atoms with Gasteiger partial charge in [0.15, 0.2) is 0 Å². The second-order valence-corrected chi connectivity index (χ2v) is 5.31. The van der Waals surface area contributed by atoms with Crippen LogP contribution < -0.4 is 0 Å². The molecule has 0 N–H and O–H groups in total. The molecule has 0 atom stereocenters. The average molecular weight is 238 g/mol. The van der Waals surface area contributed by atoms with E-state index in [1.54, 1.807) is 12.1 Å². The Hall–Kier alpha value is -1.45. The molecule has 86 valence electrons. The standard InChI is InChI=1S/C11H14N2O2S/c1-9(2)12-8-13-16(14,15)11-6-4-10(3)5-7-11/h4-7,9H,1-3H3. The van der Waals surface area contributed by atoms with Crippen molar-refractivity contribution < 1.29 is 8.42 Å². The molecule has 16 heavy (non-hydrogen) atoms. The van der Waals surface area contributed by atoms with E-state index in [9.17, 15) is 8.42 Å². The highest BCUT2D eigenvalue weighted by Gasteiger charge is 2.10. The van der Waals surface area contributed by atoms with Crippen molar-refractivity contribution in [1.82, 2.24) is 0 Å². The molecular formula is C11H14N2O2S. The molecule has 0 bridgehead atoms. The van der Waals surface area contributed by atoms with Crippen LogP contribution in [0.4, 0.5) is 0 Å². The molecule has 0 heterocycles. The van der Waals surface area contributed by atoms with Crippen LogP contribution in [-0.4, -0.2) is 20.5 Å². The van der Waals surface area contributed by atoms with Gasteiger partial charge in [0.2, 0.25) is 0 Å². The first kappa shape index (κ1) is 12.6. The first-order valence-corrected chi connectivity index (χ1v) is 6.34. The van der Waals surface area contributed by atoms with E-state index in [-0.39, 0.29) is 10.9 Å². The molecule has 1 aromatic carbocycles. The van der Waals surface area contributed by atoms with Gasteiger partial charge in [-0.3, -0.25) is 0 Å². The Labute approximate surface area is 95.8 Å². The molecule has 0 aliphatic heterocycles. The Morgan fingerprint density at radius 3 is 2.25 bits per heavy atom. The van der Waals surface area contributed by atoms with Gasteiger partial charge < -0.3 is 0 Å². The summed E-state index contributed by atoms with van der Waals surface area (Å²) in [4.78, 5) is 3.91. The highest BCUT2D eigenvalue weighted by Crippen LogP contribution is 2.12. The number of aliphatic imine (C=N–C) groups is 1. The minimum absolute atomic E-state index is 0.0167. The average Bonchev–Trinajstić information content (AvgIpc) is 2.17. The Morgan fingerprint density at radius 1 is 1.19 bits per heavy atom. The monoisotopic (exact) mass is 238 g/mol. The molecule has 4 nitrogen and oxygen atoms in total. The van der Waals surface area contributed by atoms with Crippen LogP contribution in [0.25, 0.3) is 0 Å². The number of nitrogens with zero attached hydrogens (tertiary/aromatic N) is 2.